The van der Waals surface area contributed by atoms with Crippen molar-refractivity contribution in [1.82, 2.24) is 0 Å². The molecule has 4 aliphatic carbocycles. The van der Waals surface area contributed by atoms with Crippen LogP contribution in [-0.2, 0) is 9.53 Å². The second-order valence-corrected chi connectivity index (χ2v) is 12.8. The third-order valence-electron chi connectivity index (χ3n) is 10.6. The minimum Gasteiger partial charge on any atom is -0.462 e. The molecule has 0 aromatic rings. The van der Waals surface area contributed by atoms with E-state index in [4.69, 9.17) is 4.74 Å². The Morgan fingerprint density at radius 3 is 2.55 bits per heavy atom. The summed E-state index contributed by atoms with van der Waals surface area (Å²) in [6.07, 6.45) is 17.2. The maximum Gasteiger partial charge on any atom is 0.302 e. The highest BCUT2D eigenvalue weighted by atomic mass is 16.5. The molecule has 0 N–H and O–H groups in total. The molecule has 0 radical (unpaired) electrons. The van der Waals surface area contributed by atoms with Gasteiger partial charge in [0.25, 0.3) is 0 Å². The van der Waals surface area contributed by atoms with Crippen molar-refractivity contribution in [2.45, 2.75) is 118 Å². The zero-order valence-corrected chi connectivity index (χ0v) is 21.2. The fourth-order valence-corrected chi connectivity index (χ4v) is 8.99. The SMILES string of the molecule is CC(=O)O[C@H]1CC[C@@]2(C)C(=CC[C@H]3[C@H]2CC[C@]2(C)[C@@H]([C@H](C)CCCC(C)C)CC[C@@H]32)C1. The average Bonchev–Trinajstić information content (AvgIpc) is 3.05. The van der Waals surface area contributed by atoms with Gasteiger partial charge in [0, 0.05) is 13.3 Å². The van der Waals surface area contributed by atoms with Crippen LogP contribution in [0, 0.1) is 46.3 Å². The lowest BCUT2D eigenvalue weighted by Gasteiger charge is -2.58. The number of hydrogen-bond donors (Lipinski definition) is 0. The van der Waals surface area contributed by atoms with Crippen LogP contribution in [0.25, 0.3) is 0 Å². The minimum absolute atomic E-state index is 0.115. The fourth-order valence-electron chi connectivity index (χ4n) is 8.99. The molecule has 4 rings (SSSR count). The number of carbonyl (C=O) groups excluding carboxylic acids is 1. The largest absolute Gasteiger partial charge is 0.462 e. The molecule has 3 fully saturated rings. The van der Waals surface area contributed by atoms with E-state index in [-0.39, 0.29) is 12.1 Å². The van der Waals surface area contributed by atoms with E-state index in [1.807, 2.05) is 0 Å². The van der Waals surface area contributed by atoms with Gasteiger partial charge < -0.3 is 4.74 Å². The van der Waals surface area contributed by atoms with Crippen molar-refractivity contribution in [2.24, 2.45) is 46.3 Å². The van der Waals surface area contributed by atoms with E-state index >= 15 is 0 Å². The van der Waals surface area contributed by atoms with E-state index in [1.165, 1.54) is 57.8 Å². The van der Waals surface area contributed by atoms with Crippen LogP contribution in [0.2, 0.25) is 0 Å². The highest BCUT2D eigenvalue weighted by Crippen LogP contribution is 2.67. The molecule has 0 unspecified atom stereocenters. The summed E-state index contributed by atoms with van der Waals surface area (Å²) >= 11 is 0. The molecule has 3 saturated carbocycles. The zero-order valence-electron chi connectivity index (χ0n) is 21.2. The van der Waals surface area contributed by atoms with E-state index in [9.17, 15) is 4.79 Å². The number of hydrogen-bond acceptors (Lipinski definition) is 2. The normalized spacial score (nSPS) is 42.9. The molecule has 176 valence electrons. The summed E-state index contributed by atoms with van der Waals surface area (Å²) in [6, 6.07) is 0. The third kappa shape index (κ3) is 4.26. The molecule has 2 heteroatoms. The van der Waals surface area contributed by atoms with Gasteiger partial charge >= 0.3 is 5.97 Å². The smallest absolute Gasteiger partial charge is 0.302 e. The van der Waals surface area contributed by atoms with E-state index in [1.54, 1.807) is 12.5 Å². The maximum atomic E-state index is 11.5. The van der Waals surface area contributed by atoms with Crippen molar-refractivity contribution in [1.29, 1.82) is 0 Å². The van der Waals surface area contributed by atoms with Crippen LogP contribution in [0.1, 0.15) is 112 Å². The second kappa shape index (κ2) is 8.86. The predicted molar refractivity (Wildman–Crippen MR) is 129 cm³/mol. The summed E-state index contributed by atoms with van der Waals surface area (Å²) in [4.78, 5) is 11.5. The molecule has 4 aliphatic rings. The van der Waals surface area contributed by atoms with Gasteiger partial charge in [-0.2, -0.15) is 0 Å². The number of ether oxygens (including phenoxy) is 1. The molecule has 8 atom stereocenters. The second-order valence-electron chi connectivity index (χ2n) is 12.8. The van der Waals surface area contributed by atoms with Gasteiger partial charge in [-0.25, -0.2) is 0 Å². The summed E-state index contributed by atoms with van der Waals surface area (Å²) in [7, 11) is 0. The number of rotatable bonds is 6. The molecular weight excluding hydrogens is 380 g/mol. The third-order valence-corrected chi connectivity index (χ3v) is 10.6. The Bertz CT molecular complexity index is 693. The predicted octanol–water partition coefficient (Wildman–Crippen LogP) is 7.96. The highest BCUT2D eigenvalue weighted by molar-refractivity contribution is 5.66. The molecule has 0 spiro atoms. The highest BCUT2D eigenvalue weighted by Gasteiger charge is 2.59. The Hall–Kier alpha value is -0.790. The van der Waals surface area contributed by atoms with Gasteiger partial charge in [0.05, 0.1) is 0 Å². The molecule has 0 aromatic heterocycles. The van der Waals surface area contributed by atoms with Crippen molar-refractivity contribution < 1.29 is 9.53 Å². The van der Waals surface area contributed by atoms with Crippen molar-refractivity contribution >= 4 is 5.97 Å². The van der Waals surface area contributed by atoms with Crippen molar-refractivity contribution in [3.8, 4) is 0 Å². The van der Waals surface area contributed by atoms with Crippen molar-refractivity contribution in [3.05, 3.63) is 11.6 Å². The monoisotopic (exact) mass is 428 g/mol. The Balaban J connectivity index is 1.47. The topological polar surface area (TPSA) is 26.3 Å². The molecule has 0 amide bonds. The summed E-state index contributed by atoms with van der Waals surface area (Å²) in [5.41, 5.74) is 2.53. The maximum absolute atomic E-state index is 11.5. The fraction of sp³-hybridized carbons (Fsp3) is 0.897. The van der Waals surface area contributed by atoms with Gasteiger partial charge in [0.15, 0.2) is 0 Å². The number of allylic oxidation sites excluding steroid dienone is 1. The van der Waals surface area contributed by atoms with Crippen LogP contribution in [0.3, 0.4) is 0 Å². The molecule has 0 heterocycles. The van der Waals surface area contributed by atoms with Crippen LogP contribution in [-0.4, -0.2) is 12.1 Å². The van der Waals surface area contributed by atoms with E-state index in [0.29, 0.717) is 10.8 Å². The first kappa shape index (κ1) is 23.4. The number of esters is 1. The summed E-state index contributed by atoms with van der Waals surface area (Å²) in [5, 5.41) is 0. The van der Waals surface area contributed by atoms with Gasteiger partial charge in [-0.1, -0.05) is 65.5 Å². The average molecular weight is 429 g/mol. The zero-order chi connectivity index (χ0) is 22.4. The van der Waals surface area contributed by atoms with Crippen LogP contribution in [0.5, 0.6) is 0 Å². The van der Waals surface area contributed by atoms with Crippen LogP contribution in [0.15, 0.2) is 11.6 Å². The summed E-state index contributed by atoms with van der Waals surface area (Å²) in [6.45, 7) is 14.1. The molecule has 2 nitrogen and oxygen atoms in total. The van der Waals surface area contributed by atoms with Gasteiger partial charge in [-0.05, 0) is 91.3 Å². The lowest BCUT2D eigenvalue weighted by Crippen LogP contribution is -2.51. The van der Waals surface area contributed by atoms with Crippen LogP contribution >= 0.6 is 0 Å². The Morgan fingerprint density at radius 1 is 1.06 bits per heavy atom. The van der Waals surface area contributed by atoms with Crippen LogP contribution in [0.4, 0.5) is 0 Å². The van der Waals surface area contributed by atoms with Gasteiger partial charge in [0.2, 0.25) is 0 Å². The molecule has 31 heavy (non-hydrogen) atoms. The van der Waals surface area contributed by atoms with E-state index < -0.39 is 0 Å². The molecule has 0 saturated heterocycles. The molecule has 0 bridgehead atoms. The minimum atomic E-state index is -0.115. The Kier molecular flexibility index (Phi) is 6.68. The molecular formula is C29H48O2. The summed E-state index contributed by atoms with van der Waals surface area (Å²) in [5.74, 6) is 5.19. The van der Waals surface area contributed by atoms with Gasteiger partial charge in [0.1, 0.15) is 6.10 Å². The quantitative estimate of drug-likeness (QED) is 0.317. The molecule has 0 aliphatic heterocycles. The van der Waals surface area contributed by atoms with Gasteiger partial charge in [-0.15, -0.1) is 0 Å². The first-order valence-corrected chi connectivity index (χ1v) is 13.5. The van der Waals surface area contributed by atoms with Crippen molar-refractivity contribution in [2.75, 3.05) is 0 Å². The van der Waals surface area contributed by atoms with Crippen LogP contribution < -0.4 is 0 Å². The Morgan fingerprint density at radius 2 is 1.84 bits per heavy atom. The Labute approximate surface area is 192 Å². The standard InChI is InChI=1S/C29H48O2/c1-19(2)8-7-9-20(3)25-12-13-26-24-11-10-22-18-23(31-21(4)30)14-16-28(22,5)27(24)15-17-29(25,26)6/h10,19-20,23-27H,7-9,11-18H2,1-6H3/t20-,23+,24-,25-,26+,27-,28+,29-/m1/s1. The van der Waals surface area contributed by atoms with E-state index in [0.717, 1.165) is 48.3 Å². The first-order chi connectivity index (χ1) is 14.6. The number of fused-ring (bicyclic) bond motifs is 5. The van der Waals surface area contributed by atoms with E-state index in [2.05, 4.69) is 40.7 Å². The summed E-state index contributed by atoms with van der Waals surface area (Å²) < 4.78 is 5.61. The number of carbonyl (C=O) groups is 1. The van der Waals surface area contributed by atoms with Gasteiger partial charge in [-0.3, -0.25) is 4.79 Å². The van der Waals surface area contributed by atoms with Crippen molar-refractivity contribution in [3.63, 3.8) is 0 Å². The first-order valence-electron chi connectivity index (χ1n) is 13.5. The lowest BCUT2D eigenvalue weighted by molar-refractivity contribution is -0.148. The molecule has 0 aromatic carbocycles. The lowest BCUT2D eigenvalue weighted by atomic mass is 9.47.